The van der Waals surface area contributed by atoms with Crippen LogP contribution in [0.2, 0.25) is 0 Å². The third-order valence-corrected chi connectivity index (χ3v) is 1.06. The van der Waals surface area contributed by atoms with Crippen molar-refractivity contribution in [3.63, 3.8) is 0 Å². The van der Waals surface area contributed by atoms with Gasteiger partial charge in [-0.1, -0.05) is 0 Å². The molecule has 0 bridgehead atoms. The molecule has 0 aromatic heterocycles. The Morgan fingerprint density at radius 2 is 1.33 bits per heavy atom. The molecule has 0 aliphatic rings. The SMILES string of the molecule is [CH2-]S(=O)(=O)C(F)(F)F.[Zn]. The molecule has 7 heteroatoms. The summed E-state index contributed by atoms with van der Waals surface area (Å²) in [4.78, 5) is 0. The molecule has 0 aromatic carbocycles. The minimum Gasteiger partial charge on any atom is -0.254 e. The van der Waals surface area contributed by atoms with Crippen LogP contribution in [0.1, 0.15) is 0 Å². The van der Waals surface area contributed by atoms with Crippen LogP contribution in [0.25, 0.3) is 0 Å². The van der Waals surface area contributed by atoms with E-state index in [9.17, 15) is 21.6 Å². The molecule has 0 heterocycles. The monoisotopic (exact) mass is 211 g/mol. The maximum atomic E-state index is 10.9. The number of halogens is 3. The summed E-state index contributed by atoms with van der Waals surface area (Å²) in [5.41, 5.74) is -5.20. The van der Waals surface area contributed by atoms with Gasteiger partial charge in [-0.3, -0.25) is 8.42 Å². The molecule has 0 radical (unpaired) electrons. The Morgan fingerprint density at radius 3 is 1.33 bits per heavy atom. The molecule has 52 valence electrons. The second kappa shape index (κ2) is 2.97. The van der Waals surface area contributed by atoms with Crippen molar-refractivity contribution in [3.05, 3.63) is 6.26 Å². The summed E-state index contributed by atoms with van der Waals surface area (Å²) in [7, 11) is -5.09. The first-order chi connectivity index (χ1) is 3.25. The normalized spacial score (nSPS) is 12.4. The van der Waals surface area contributed by atoms with E-state index in [1.54, 1.807) is 0 Å². The third kappa shape index (κ3) is 3.86. The summed E-state index contributed by atoms with van der Waals surface area (Å²) in [6.45, 7) is 0. The minimum atomic E-state index is -5.20. The van der Waals surface area contributed by atoms with E-state index in [0.29, 0.717) is 0 Å². The summed E-state index contributed by atoms with van der Waals surface area (Å²) >= 11 is 0. The van der Waals surface area contributed by atoms with Gasteiger partial charge in [0.1, 0.15) is 9.84 Å². The zero-order valence-electron chi connectivity index (χ0n) is 4.27. The molecule has 0 aliphatic heterocycles. The second-order valence-corrected chi connectivity index (χ2v) is 2.75. The first kappa shape index (κ1) is 12.1. The average Bonchev–Trinajstić information content (AvgIpc) is 1.25. The average molecular weight is 212 g/mol. The topological polar surface area (TPSA) is 34.1 Å². The molecule has 0 aromatic rings. The summed E-state index contributed by atoms with van der Waals surface area (Å²) < 4.78 is 51.6. The van der Waals surface area contributed by atoms with Crippen LogP contribution in [0.15, 0.2) is 0 Å². The fourth-order valence-electron chi connectivity index (χ4n) is 0. The van der Waals surface area contributed by atoms with Crippen molar-refractivity contribution in [2.75, 3.05) is 0 Å². The second-order valence-electron chi connectivity index (χ2n) is 1.06. The van der Waals surface area contributed by atoms with Gasteiger partial charge in [-0.2, -0.15) is 13.2 Å². The Bertz CT molecular complexity index is 169. The van der Waals surface area contributed by atoms with Crippen molar-refractivity contribution in [2.45, 2.75) is 5.51 Å². The summed E-state index contributed by atoms with van der Waals surface area (Å²) in [6, 6.07) is 0. The van der Waals surface area contributed by atoms with Crippen LogP contribution in [0, 0.1) is 6.26 Å². The zero-order valence-corrected chi connectivity index (χ0v) is 8.06. The number of rotatable bonds is 0. The Kier molecular flexibility index (Phi) is 3.98. The van der Waals surface area contributed by atoms with Crippen molar-refractivity contribution in [3.8, 4) is 0 Å². The quantitative estimate of drug-likeness (QED) is 0.438. The standard InChI is InChI=1S/C2H2F3O2S.Zn/c1-8(6,7)2(3,4)5;/h1H2;/q-1;. The fourth-order valence-corrected chi connectivity index (χ4v) is 0. The maximum Gasteiger partial charge on any atom is 0.468 e. The number of hydrogen-bond donors (Lipinski definition) is 0. The van der Waals surface area contributed by atoms with Crippen molar-refractivity contribution in [1.29, 1.82) is 0 Å². The van der Waals surface area contributed by atoms with Crippen molar-refractivity contribution in [1.82, 2.24) is 0 Å². The predicted molar refractivity (Wildman–Crippen MR) is 20.3 cm³/mol. The molecule has 0 aliphatic carbocycles. The van der Waals surface area contributed by atoms with Gasteiger partial charge in [0.25, 0.3) is 0 Å². The largest absolute Gasteiger partial charge is 0.468 e. The molecule has 0 rings (SSSR count). The van der Waals surface area contributed by atoms with Crippen LogP contribution in [0.4, 0.5) is 13.2 Å². The third-order valence-electron chi connectivity index (χ3n) is 0.353. The Hall–Kier alpha value is 0.363. The first-order valence-corrected chi connectivity index (χ1v) is 3.05. The van der Waals surface area contributed by atoms with Gasteiger partial charge < -0.3 is 0 Å². The van der Waals surface area contributed by atoms with E-state index in [1.807, 2.05) is 6.26 Å². The molecule has 0 unspecified atom stereocenters. The number of hydrogen-bond acceptors (Lipinski definition) is 2. The minimum absolute atomic E-state index is 0. The van der Waals surface area contributed by atoms with Crippen molar-refractivity contribution in [2.24, 2.45) is 0 Å². The van der Waals surface area contributed by atoms with E-state index in [-0.39, 0.29) is 19.5 Å². The molecular formula is C2H2F3O2SZn-. The van der Waals surface area contributed by atoms with Crippen LogP contribution in [-0.4, -0.2) is 13.9 Å². The van der Waals surface area contributed by atoms with E-state index >= 15 is 0 Å². The van der Waals surface area contributed by atoms with Gasteiger partial charge in [-0.25, -0.2) is 6.26 Å². The van der Waals surface area contributed by atoms with Gasteiger partial charge in [0.05, 0.1) is 0 Å². The molecule has 0 amide bonds. The Labute approximate surface area is 63.1 Å². The van der Waals surface area contributed by atoms with Crippen LogP contribution in [-0.2, 0) is 29.3 Å². The fraction of sp³-hybridized carbons (Fsp3) is 0.500. The molecule has 0 atom stereocenters. The van der Waals surface area contributed by atoms with Crippen molar-refractivity contribution < 1.29 is 41.1 Å². The van der Waals surface area contributed by atoms with E-state index in [2.05, 4.69) is 0 Å². The zero-order chi connectivity index (χ0) is 7.00. The smallest absolute Gasteiger partial charge is 0.254 e. The maximum absolute atomic E-state index is 10.9. The molecular weight excluding hydrogens is 210 g/mol. The van der Waals surface area contributed by atoms with Gasteiger partial charge in [-0.15, -0.1) is 0 Å². The molecule has 0 N–H and O–H groups in total. The molecule has 9 heavy (non-hydrogen) atoms. The van der Waals surface area contributed by atoms with Crippen LogP contribution in [0.3, 0.4) is 0 Å². The number of sulfone groups is 1. The van der Waals surface area contributed by atoms with E-state index in [0.717, 1.165) is 0 Å². The molecule has 0 fully saturated rings. The van der Waals surface area contributed by atoms with Gasteiger partial charge in [-0.05, 0) is 0 Å². The van der Waals surface area contributed by atoms with Crippen LogP contribution in [0.5, 0.6) is 0 Å². The van der Waals surface area contributed by atoms with E-state index in [1.165, 1.54) is 0 Å². The van der Waals surface area contributed by atoms with E-state index < -0.39 is 15.3 Å². The first-order valence-electron chi connectivity index (χ1n) is 1.39. The molecule has 0 saturated heterocycles. The van der Waals surface area contributed by atoms with E-state index in [4.69, 9.17) is 0 Å². The van der Waals surface area contributed by atoms with Gasteiger partial charge in [0, 0.05) is 19.5 Å². The van der Waals surface area contributed by atoms with Crippen LogP contribution >= 0.6 is 0 Å². The number of alkyl halides is 3. The van der Waals surface area contributed by atoms with Crippen LogP contribution < -0.4 is 0 Å². The molecule has 2 nitrogen and oxygen atoms in total. The Balaban J connectivity index is 0. The van der Waals surface area contributed by atoms with Gasteiger partial charge in [0.2, 0.25) is 0 Å². The summed E-state index contributed by atoms with van der Waals surface area (Å²) in [6.07, 6.45) is 1.89. The summed E-state index contributed by atoms with van der Waals surface area (Å²) in [5.74, 6) is 0. The Morgan fingerprint density at radius 1 is 1.22 bits per heavy atom. The van der Waals surface area contributed by atoms with Gasteiger partial charge >= 0.3 is 5.51 Å². The van der Waals surface area contributed by atoms with Crippen molar-refractivity contribution >= 4 is 9.84 Å². The van der Waals surface area contributed by atoms with Gasteiger partial charge in [0.15, 0.2) is 0 Å². The summed E-state index contributed by atoms with van der Waals surface area (Å²) in [5, 5.41) is 0. The molecule has 0 spiro atoms. The molecule has 0 saturated carbocycles. The predicted octanol–water partition coefficient (Wildman–Crippen LogP) is 0.710.